The maximum atomic E-state index is 12.4. The zero-order valence-electron chi connectivity index (χ0n) is 15.9. The number of benzene rings is 1. The molecule has 2 rings (SSSR count). The molecule has 2 aromatic rings. The molecule has 0 aliphatic rings. The van der Waals surface area contributed by atoms with Gasteiger partial charge in [-0.3, -0.25) is 9.59 Å². The number of hydrogen-bond donors (Lipinski definition) is 1. The number of esters is 1. The van der Waals surface area contributed by atoms with Crippen LogP contribution in [0.25, 0.3) is 0 Å². The van der Waals surface area contributed by atoms with Gasteiger partial charge >= 0.3 is 5.97 Å². The van der Waals surface area contributed by atoms with Crippen molar-refractivity contribution < 1.29 is 14.3 Å². The van der Waals surface area contributed by atoms with Crippen LogP contribution in [0.5, 0.6) is 0 Å². The number of amides is 1. The smallest absolute Gasteiger partial charge is 0.311 e. The summed E-state index contributed by atoms with van der Waals surface area (Å²) in [5.41, 5.74) is 1.96. The van der Waals surface area contributed by atoms with Gasteiger partial charge in [-0.1, -0.05) is 42.1 Å². The number of nitrogens with zero attached hydrogens (tertiary/aromatic N) is 1. The van der Waals surface area contributed by atoms with E-state index < -0.39 is 0 Å². The van der Waals surface area contributed by atoms with Crippen molar-refractivity contribution in [3.05, 3.63) is 47.0 Å². The van der Waals surface area contributed by atoms with Crippen LogP contribution in [0.3, 0.4) is 0 Å². The lowest BCUT2D eigenvalue weighted by Gasteiger charge is -2.16. The number of rotatable bonds is 10. The average molecular weight is 407 g/mol. The number of thiazole rings is 1. The van der Waals surface area contributed by atoms with Crippen LogP contribution in [0.4, 0.5) is 0 Å². The van der Waals surface area contributed by atoms with Gasteiger partial charge in [0.05, 0.1) is 24.0 Å². The fourth-order valence-electron chi connectivity index (χ4n) is 2.45. The average Bonchev–Trinajstić information content (AvgIpc) is 3.07. The van der Waals surface area contributed by atoms with Gasteiger partial charge in [-0.15, -0.1) is 11.3 Å². The molecule has 1 amide bonds. The third kappa shape index (κ3) is 7.72. The Labute approximate surface area is 168 Å². The van der Waals surface area contributed by atoms with Gasteiger partial charge in [0.25, 0.3) is 0 Å². The molecule has 0 spiro atoms. The summed E-state index contributed by atoms with van der Waals surface area (Å²) in [6.07, 6.45) is 2.00. The molecule has 1 aromatic carbocycles. The molecule has 1 heterocycles. The fraction of sp³-hybridized carbons (Fsp3) is 0.450. The van der Waals surface area contributed by atoms with Gasteiger partial charge < -0.3 is 10.1 Å². The standard InChI is InChI=1S/C20H26N2O3S2/c1-4-25-18(23)12-17-13-26-20(22-17)27-15(3)19(24)21-14(2)10-11-16-8-6-5-7-9-16/h5-9,13-15H,4,10-12H2,1-3H3,(H,21,24)/t14-,15+/m0/s1. The minimum absolute atomic E-state index is 0.00250. The van der Waals surface area contributed by atoms with Crippen LogP contribution in [0.15, 0.2) is 40.1 Å². The lowest BCUT2D eigenvalue weighted by molar-refractivity contribution is -0.142. The topological polar surface area (TPSA) is 68.3 Å². The minimum Gasteiger partial charge on any atom is -0.466 e. The predicted molar refractivity (Wildman–Crippen MR) is 110 cm³/mol. The van der Waals surface area contributed by atoms with Crippen molar-refractivity contribution >= 4 is 35.0 Å². The SMILES string of the molecule is CCOC(=O)Cc1csc(S[C@H](C)C(=O)N[C@@H](C)CCc2ccccc2)n1. The lowest BCUT2D eigenvalue weighted by Crippen LogP contribution is -2.37. The summed E-state index contributed by atoms with van der Waals surface area (Å²) in [5.74, 6) is -0.278. The molecule has 7 heteroatoms. The van der Waals surface area contributed by atoms with E-state index in [0.717, 1.165) is 17.2 Å². The van der Waals surface area contributed by atoms with Gasteiger partial charge in [-0.05, 0) is 39.2 Å². The summed E-state index contributed by atoms with van der Waals surface area (Å²) in [5, 5.41) is 4.66. The largest absolute Gasteiger partial charge is 0.466 e. The van der Waals surface area contributed by atoms with Crippen LogP contribution < -0.4 is 5.32 Å². The van der Waals surface area contributed by atoms with Crippen molar-refractivity contribution in [2.24, 2.45) is 0 Å². The molecule has 1 aromatic heterocycles. The van der Waals surface area contributed by atoms with Crippen LogP contribution in [-0.4, -0.2) is 34.8 Å². The van der Waals surface area contributed by atoms with Gasteiger partial charge in [-0.25, -0.2) is 4.98 Å². The first-order chi connectivity index (χ1) is 13.0. The highest BCUT2D eigenvalue weighted by Crippen LogP contribution is 2.27. The molecule has 2 atom stereocenters. The molecule has 0 radical (unpaired) electrons. The number of aryl methyl sites for hydroxylation is 1. The van der Waals surface area contributed by atoms with Crippen LogP contribution >= 0.6 is 23.1 Å². The lowest BCUT2D eigenvalue weighted by atomic mass is 10.1. The Morgan fingerprint density at radius 3 is 2.70 bits per heavy atom. The second-order valence-corrected chi connectivity index (χ2v) is 8.73. The second kappa shape index (κ2) is 11.1. The van der Waals surface area contributed by atoms with Crippen molar-refractivity contribution in [1.82, 2.24) is 10.3 Å². The van der Waals surface area contributed by atoms with Gasteiger partial charge in [0.2, 0.25) is 5.91 Å². The van der Waals surface area contributed by atoms with Crippen molar-refractivity contribution in [2.75, 3.05) is 6.61 Å². The third-order valence-electron chi connectivity index (χ3n) is 3.91. The van der Waals surface area contributed by atoms with Crippen molar-refractivity contribution in [3.8, 4) is 0 Å². The predicted octanol–water partition coefficient (Wildman–Crippen LogP) is 3.87. The molecule has 0 aliphatic heterocycles. The van der Waals surface area contributed by atoms with Gasteiger partial charge in [-0.2, -0.15) is 0 Å². The van der Waals surface area contributed by atoms with E-state index in [1.165, 1.54) is 28.7 Å². The first-order valence-corrected chi connectivity index (χ1v) is 10.8. The Morgan fingerprint density at radius 1 is 1.26 bits per heavy atom. The first-order valence-electron chi connectivity index (χ1n) is 9.09. The van der Waals surface area contributed by atoms with Crippen molar-refractivity contribution in [1.29, 1.82) is 0 Å². The number of thioether (sulfide) groups is 1. The van der Waals surface area contributed by atoms with Crippen LogP contribution in [0.2, 0.25) is 0 Å². The Balaban J connectivity index is 1.76. The Morgan fingerprint density at radius 2 is 2.00 bits per heavy atom. The number of carbonyl (C=O) groups excluding carboxylic acids is 2. The van der Waals surface area contributed by atoms with Crippen molar-refractivity contribution in [2.45, 2.75) is 55.7 Å². The van der Waals surface area contributed by atoms with E-state index >= 15 is 0 Å². The minimum atomic E-state index is -0.280. The molecular weight excluding hydrogens is 380 g/mol. The summed E-state index contributed by atoms with van der Waals surface area (Å²) in [6, 6.07) is 10.4. The fourth-order valence-corrected chi connectivity index (χ4v) is 4.44. The van der Waals surface area contributed by atoms with E-state index in [4.69, 9.17) is 4.74 Å². The molecular formula is C20H26N2O3S2. The Bertz CT molecular complexity index is 734. The number of ether oxygens (including phenoxy) is 1. The molecule has 0 fully saturated rings. The molecule has 5 nitrogen and oxygen atoms in total. The van der Waals surface area contributed by atoms with Crippen LogP contribution in [-0.2, 0) is 27.2 Å². The quantitative estimate of drug-likeness (QED) is 0.479. The summed E-state index contributed by atoms with van der Waals surface area (Å²) in [4.78, 5) is 28.3. The number of nitrogens with one attached hydrogen (secondary N) is 1. The second-order valence-electron chi connectivity index (χ2n) is 6.28. The monoisotopic (exact) mass is 406 g/mol. The first kappa shape index (κ1) is 21.4. The molecule has 0 aliphatic carbocycles. The summed E-state index contributed by atoms with van der Waals surface area (Å²) < 4.78 is 5.71. The van der Waals surface area contributed by atoms with Gasteiger partial charge in [0, 0.05) is 11.4 Å². The van der Waals surface area contributed by atoms with Gasteiger partial charge in [0.1, 0.15) is 0 Å². The maximum Gasteiger partial charge on any atom is 0.311 e. The molecule has 1 N–H and O–H groups in total. The summed E-state index contributed by atoms with van der Waals surface area (Å²) in [7, 11) is 0. The Kier molecular flexibility index (Phi) is 8.81. The normalized spacial score (nSPS) is 13.0. The van der Waals surface area contributed by atoms with E-state index in [0.29, 0.717) is 12.3 Å². The highest BCUT2D eigenvalue weighted by molar-refractivity contribution is 8.02. The number of carbonyl (C=O) groups is 2. The van der Waals surface area contributed by atoms with E-state index in [1.54, 1.807) is 6.92 Å². The molecule has 27 heavy (non-hydrogen) atoms. The van der Waals surface area contributed by atoms with E-state index in [9.17, 15) is 9.59 Å². The summed E-state index contributed by atoms with van der Waals surface area (Å²) in [6.45, 7) is 6.04. The molecule has 146 valence electrons. The summed E-state index contributed by atoms with van der Waals surface area (Å²) >= 11 is 2.86. The van der Waals surface area contributed by atoms with Crippen molar-refractivity contribution in [3.63, 3.8) is 0 Å². The van der Waals surface area contributed by atoms with Gasteiger partial charge in [0.15, 0.2) is 4.34 Å². The van der Waals surface area contributed by atoms with E-state index in [1.807, 2.05) is 37.4 Å². The number of hydrogen-bond acceptors (Lipinski definition) is 6. The highest BCUT2D eigenvalue weighted by atomic mass is 32.2. The zero-order chi connectivity index (χ0) is 19.6. The molecule has 0 unspecified atom stereocenters. The molecule has 0 bridgehead atoms. The van der Waals surface area contributed by atoms with Crippen LogP contribution in [0, 0.1) is 0 Å². The number of aromatic nitrogens is 1. The third-order valence-corrected chi connectivity index (χ3v) is 6.03. The molecule has 0 saturated carbocycles. The maximum absolute atomic E-state index is 12.4. The Hall–Kier alpha value is -1.86. The molecule has 0 saturated heterocycles. The van der Waals surface area contributed by atoms with Crippen LogP contribution in [0.1, 0.15) is 38.4 Å². The zero-order valence-corrected chi connectivity index (χ0v) is 17.6. The highest BCUT2D eigenvalue weighted by Gasteiger charge is 2.18. The van der Waals surface area contributed by atoms with E-state index in [-0.39, 0.29) is 29.6 Å². The van der Waals surface area contributed by atoms with E-state index in [2.05, 4.69) is 22.4 Å².